The Balaban J connectivity index is 2.43. The molecule has 0 spiro atoms. The lowest BCUT2D eigenvalue weighted by Gasteiger charge is -2.35. The molecule has 2 atom stereocenters. The average Bonchev–Trinajstić information content (AvgIpc) is 2.21. The van der Waals surface area contributed by atoms with Gasteiger partial charge in [0.25, 0.3) is 0 Å². The molecule has 80 valence electrons. The van der Waals surface area contributed by atoms with Crippen molar-refractivity contribution in [1.29, 1.82) is 5.26 Å². The quantitative estimate of drug-likeness (QED) is 0.733. The number of hydrogen-bond donors (Lipinski definition) is 1. The zero-order valence-corrected chi connectivity index (χ0v) is 9.29. The third-order valence-electron chi connectivity index (χ3n) is 3.02. The molecule has 0 aromatic carbocycles. The van der Waals surface area contributed by atoms with Gasteiger partial charge in [0.2, 0.25) is 0 Å². The van der Waals surface area contributed by atoms with Crippen LogP contribution in [0, 0.1) is 17.2 Å². The molecule has 14 heavy (non-hydrogen) atoms. The summed E-state index contributed by atoms with van der Waals surface area (Å²) >= 11 is 0. The van der Waals surface area contributed by atoms with Gasteiger partial charge < -0.3 is 5.32 Å². The first-order chi connectivity index (χ1) is 6.81. The number of nitriles is 1. The maximum Gasteiger partial charge on any atom is 0.0975 e. The van der Waals surface area contributed by atoms with Crippen molar-refractivity contribution in [3.63, 3.8) is 0 Å². The fourth-order valence-electron chi connectivity index (χ4n) is 2.27. The van der Waals surface area contributed by atoms with E-state index in [0.717, 1.165) is 32.0 Å². The Morgan fingerprint density at radius 3 is 3.00 bits per heavy atom. The molecule has 3 nitrogen and oxygen atoms in total. The molecule has 0 aliphatic carbocycles. The van der Waals surface area contributed by atoms with Crippen LogP contribution in [0.1, 0.15) is 26.2 Å². The summed E-state index contributed by atoms with van der Waals surface area (Å²) in [5.74, 6) is 0.733. The fourth-order valence-corrected chi connectivity index (χ4v) is 2.27. The Labute approximate surface area is 87.1 Å². The van der Waals surface area contributed by atoms with Crippen molar-refractivity contribution in [2.45, 2.75) is 32.2 Å². The highest BCUT2D eigenvalue weighted by molar-refractivity contribution is 4.92. The van der Waals surface area contributed by atoms with Crippen LogP contribution in [0.15, 0.2) is 0 Å². The van der Waals surface area contributed by atoms with E-state index in [9.17, 15) is 0 Å². The van der Waals surface area contributed by atoms with Crippen molar-refractivity contribution < 1.29 is 0 Å². The first-order valence-corrected chi connectivity index (χ1v) is 5.60. The van der Waals surface area contributed by atoms with Crippen LogP contribution in [-0.4, -0.2) is 37.6 Å². The molecule has 0 bridgehead atoms. The maximum atomic E-state index is 8.99. The number of likely N-dealkylation sites (tertiary alicyclic amines) is 1. The SMILES string of the molecule is CCC(C#N)N1CCCC(CNC)C1. The van der Waals surface area contributed by atoms with E-state index in [0.29, 0.717) is 0 Å². The van der Waals surface area contributed by atoms with E-state index in [1.165, 1.54) is 12.8 Å². The third kappa shape index (κ3) is 2.97. The summed E-state index contributed by atoms with van der Waals surface area (Å²) < 4.78 is 0. The van der Waals surface area contributed by atoms with Crippen molar-refractivity contribution in [3.8, 4) is 6.07 Å². The van der Waals surface area contributed by atoms with Crippen molar-refractivity contribution >= 4 is 0 Å². The van der Waals surface area contributed by atoms with Gasteiger partial charge in [-0.25, -0.2) is 0 Å². The molecule has 0 amide bonds. The van der Waals surface area contributed by atoms with Crippen LogP contribution in [0.2, 0.25) is 0 Å². The lowest BCUT2D eigenvalue weighted by molar-refractivity contribution is 0.145. The molecule has 3 heteroatoms. The molecular formula is C11H21N3. The summed E-state index contributed by atoms with van der Waals surface area (Å²) in [6.45, 7) is 5.37. The van der Waals surface area contributed by atoms with Crippen LogP contribution in [0.25, 0.3) is 0 Å². The predicted octanol–water partition coefficient (Wildman–Crippen LogP) is 1.22. The molecule has 1 heterocycles. The molecule has 1 N–H and O–H groups in total. The summed E-state index contributed by atoms with van der Waals surface area (Å²) in [5, 5.41) is 12.2. The van der Waals surface area contributed by atoms with Crippen molar-refractivity contribution in [3.05, 3.63) is 0 Å². The molecule has 0 aromatic rings. The van der Waals surface area contributed by atoms with E-state index in [4.69, 9.17) is 5.26 Å². The second kappa shape index (κ2) is 6.00. The number of nitrogens with zero attached hydrogens (tertiary/aromatic N) is 2. The van der Waals surface area contributed by atoms with E-state index >= 15 is 0 Å². The summed E-state index contributed by atoms with van der Waals surface area (Å²) in [7, 11) is 2.00. The molecule has 2 unspecified atom stereocenters. The van der Waals surface area contributed by atoms with E-state index in [-0.39, 0.29) is 6.04 Å². The first kappa shape index (κ1) is 11.5. The Kier molecular flexibility index (Phi) is 4.92. The van der Waals surface area contributed by atoms with Gasteiger partial charge in [0.05, 0.1) is 12.1 Å². The van der Waals surface area contributed by atoms with Crippen molar-refractivity contribution in [1.82, 2.24) is 10.2 Å². The zero-order chi connectivity index (χ0) is 10.4. The minimum Gasteiger partial charge on any atom is -0.319 e. The summed E-state index contributed by atoms with van der Waals surface area (Å²) in [4.78, 5) is 2.34. The number of rotatable bonds is 4. The standard InChI is InChI=1S/C11H21N3/c1-3-11(7-12)14-6-4-5-10(9-14)8-13-2/h10-11,13H,3-6,8-9H2,1-2H3. The minimum absolute atomic E-state index is 0.134. The van der Waals surface area contributed by atoms with Crippen LogP contribution in [-0.2, 0) is 0 Å². The molecule has 0 aromatic heterocycles. The van der Waals surface area contributed by atoms with Gasteiger partial charge in [-0.3, -0.25) is 4.90 Å². The van der Waals surface area contributed by atoms with Crippen molar-refractivity contribution in [2.75, 3.05) is 26.7 Å². The zero-order valence-electron chi connectivity index (χ0n) is 9.29. The van der Waals surface area contributed by atoms with Gasteiger partial charge in [0.1, 0.15) is 0 Å². The van der Waals surface area contributed by atoms with Crippen LogP contribution in [0.5, 0.6) is 0 Å². The fraction of sp³-hybridized carbons (Fsp3) is 0.909. The normalized spacial score (nSPS) is 25.6. The second-order valence-corrected chi connectivity index (χ2v) is 4.11. The van der Waals surface area contributed by atoms with Gasteiger partial charge in [-0.05, 0) is 45.3 Å². The topological polar surface area (TPSA) is 39.1 Å². The van der Waals surface area contributed by atoms with E-state index < -0.39 is 0 Å². The summed E-state index contributed by atoms with van der Waals surface area (Å²) in [5.41, 5.74) is 0. The van der Waals surface area contributed by atoms with Gasteiger partial charge in [0, 0.05) is 6.54 Å². The van der Waals surface area contributed by atoms with Gasteiger partial charge in [-0.2, -0.15) is 5.26 Å². The van der Waals surface area contributed by atoms with Crippen LogP contribution in [0.4, 0.5) is 0 Å². The minimum atomic E-state index is 0.134. The molecule has 1 aliphatic rings. The largest absolute Gasteiger partial charge is 0.319 e. The van der Waals surface area contributed by atoms with Gasteiger partial charge >= 0.3 is 0 Å². The second-order valence-electron chi connectivity index (χ2n) is 4.11. The highest BCUT2D eigenvalue weighted by Crippen LogP contribution is 2.18. The molecule has 1 aliphatic heterocycles. The van der Waals surface area contributed by atoms with E-state index in [2.05, 4.69) is 23.2 Å². The number of nitrogens with one attached hydrogen (secondary N) is 1. The van der Waals surface area contributed by atoms with Crippen LogP contribution < -0.4 is 5.32 Å². The Bertz CT molecular complexity index is 195. The van der Waals surface area contributed by atoms with Gasteiger partial charge in [0.15, 0.2) is 0 Å². The number of piperidine rings is 1. The van der Waals surface area contributed by atoms with Gasteiger partial charge in [-0.1, -0.05) is 6.92 Å². The lowest BCUT2D eigenvalue weighted by Crippen LogP contribution is -2.44. The molecule has 0 radical (unpaired) electrons. The molecule has 0 saturated carbocycles. The maximum absolute atomic E-state index is 8.99. The highest BCUT2D eigenvalue weighted by atomic mass is 15.2. The molecule has 1 rings (SSSR count). The number of hydrogen-bond acceptors (Lipinski definition) is 3. The molecule has 1 fully saturated rings. The van der Waals surface area contributed by atoms with Gasteiger partial charge in [-0.15, -0.1) is 0 Å². The summed E-state index contributed by atoms with van der Waals surface area (Å²) in [6.07, 6.45) is 3.49. The lowest BCUT2D eigenvalue weighted by atomic mass is 9.96. The highest BCUT2D eigenvalue weighted by Gasteiger charge is 2.24. The van der Waals surface area contributed by atoms with E-state index in [1.54, 1.807) is 0 Å². The van der Waals surface area contributed by atoms with Crippen molar-refractivity contribution in [2.24, 2.45) is 5.92 Å². The first-order valence-electron chi connectivity index (χ1n) is 5.60. The Morgan fingerprint density at radius 1 is 1.64 bits per heavy atom. The predicted molar refractivity (Wildman–Crippen MR) is 57.9 cm³/mol. The Morgan fingerprint density at radius 2 is 2.43 bits per heavy atom. The van der Waals surface area contributed by atoms with Crippen LogP contribution >= 0.6 is 0 Å². The average molecular weight is 195 g/mol. The molecular weight excluding hydrogens is 174 g/mol. The smallest absolute Gasteiger partial charge is 0.0975 e. The van der Waals surface area contributed by atoms with Crippen LogP contribution in [0.3, 0.4) is 0 Å². The summed E-state index contributed by atoms with van der Waals surface area (Å²) in [6, 6.07) is 2.52. The van der Waals surface area contributed by atoms with E-state index in [1.807, 2.05) is 7.05 Å². The third-order valence-corrected chi connectivity index (χ3v) is 3.02. The molecule has 1 saturated heterocycles. The monoisotopic (exact) mass is 195 g/mol. The Hall–Kier alpha value is -0.590.